The Morgan fingerprint density at radius 3 is 2.50 bits per heavy atom. The van der Waals surface area contributed by atoms with Gasteiger partial charge in [-0.3, -0.25) is 4.55 Å². The number of nitrogens with zero attached hydrogens (tertiary/aromatic N) is 1. The van der Waals surface area contributed by atoms with E-state index >= 15 is 0 Å². The smallest absolute Gasteiger partial charge is 0.266 e. The molecule has 0 atom stereocenters. The fraction of sp³-hybridized carbons (Fsp3) is 0.500. The summed E-state index contributed by atoms with van der Waals surface area (Å²) in [6.07, 6.45) is 4.77. The summed E-state index contributed by atoms with van der Waals surface area (Å²) in [4.78, 5) is 0. The lowest BCUT2D eigenvalue weighted by atomic mass is 10.2. The first-order chi connectivity index (χ1) is 7.47. The van der Waals surface area contributed by atoms with Crippen molar-refractivity contribution in [3.8, 4) is 0 Å². The average Bonchev–Trinajstić information content (AvgIpc) is 2.19. The summed E-state index contributed by atoms with van der Waals surface area (Å²) in [5, 5.41) is 2.96. The molecular formula is C10H17N2O3S+. The zero-order valence-electron chi connectivity index (χ0n) is 9.26. The van der Waals surface area contributed by atoms with Gasteiger partial charge in [0.25, 0.3) is 10.1 Å². The number of nitrogens with one attached hydrogen (secondary N) is 1. The molecule has 0 unspecified atom stereocenters. The normalized spacial score (nSPS) is 11.6. The van der Waals surface area contributed by atoms with Crippen LogP contribution in [0.15, 0.2) is 24.5 Å². The van der Waals surface area contributed by atoms with Crippen LogP contribution in [0.4, 0.5) is 0 Å². The van der Waals surface area contributed by atoms with E-state index in [0.29, 0.717) is 6.54 Å². The van der Waals surface area contributed by atoms with Crippen molar-refractivity contribution in [2.24, 2.45) is 7.05 Å². The number of aryl methyl sites for hydroxylation is 1. The summed E-state index contributed by atoms with van der Waals surface area (Å²) in [5.41, 5.74) is 1.19. The summed E-state index contributed by atoms with van der Waals surface area (Å²) in [6.45, 7) is 0.975. The van der Waals surface area contributed by atoms with E-state index in [9.17, 15) is 8.42 Å². The molecule has 5 nitrogen and oxygen atoms in total. The molecule has 0 aromatic carbocycles. The largest absolute Gasteiger partial charge is 0.315 e. The first-order valence-corrected chi connectivity index (χ1v) is 6.68. The standard InChI is InChI=1S/C10H16N2O3S/c1-12-7-3-10(4-8-12)2-5-11-6-9-16(13,14)15/h3-4,7-8,11H,2,5-6,9H2,1H3/p+1. The monoisotopic (exact) mass is 245 g/mol. The third-order valence-corrected chi connectivity index (χ3v) is 2.89. The van der Waals surface area contributed by atoms with Gasteiger partial charge in [0.05, 0.1) is 5.75 Å². The maximum atomic E-state index is 10.4. The highest BCUT2D eigenvalue weighted by Crippen LogP contribution is 1.94. The average molecular weight is 245 g/mol. The Bertz CT molecular complexity index is 414. The van der Waals surface area contributed by atoms with E-state index in [4.69, 9.17) is 4.55 Å². The molecule has 1 aromatic rings. The molecule has 0 fully saturated rings. The number of hydrogen-bond donors (Lipinski definition) is 2. The minimum absolute atomic E-state index is 0.239. The fourth-order valence-corrected chi connectivity index (χ4v) is 1.66. The predicted molar refractivity (Wildman–Crippen MR) is 60.6 cm³/mol. The highest BCUT2D eigenvalue weighted by atomic mass is 32.2. The lowest BCUT2D eigenvalue weighted by Gasteiger charge is -2.02. The van der Waals surface area contributed by atoms with Gasteiger partial charge in [-0.15, -0.1) is 0 Å². The topological polar surface area (TPSA) is 70.3 Å². The van der Waals surface area contributed by atoms with Gasteiger partial charge in [0, 0.05) is 18.7 Å². The van der Waals surface area contributed by atoms with Crippen molar-refractivity contribution in [1.82, 2.24) is 5.32 Å². The highest BCUT2D eigenvalue weighted by molar-refractivity contribution is 7.85. The first-order valence-electron chi connectivity index (χ1n) is 5.07. The van der Waals surface area contributed by atoms with Gasteiger partial charge in [0.15, 0.2) is 12.4 Å². The number of aromatic nitrogens is 1. The van der Waals surface area contributed by atoms with Crippen molar-refractivity contribution in [3.05, 3.63) is 30.1 Å². The molecule has 6 heteroatoms. The van der Waals surface area contributed by atoms with Crippen LogP contribution >= 0.6 is 0 Å². The summed E-state index contributed by atoms with van der Waals surface area (Å²) in [6, 6.07) is 4.04. The second kappa shape index (κ2) is 5.93. The van der Waals surface area contributed by atoms with Crippen LogP contribution in [0, 0.1) is 0 Å². The van der Waals surface area contributed by atoms with Crippen molar-refractivity contribution in [2.75, 3.05) is 18.8 Å². The molecule has 0 saturated carbocycles. The van der Waals surface area contributed by atoms with Crippen LogP contribution in [0.1, 0.15) is 5.56 Å². The third kappa shape index (κ3) is 5.79. The number of rotatable bonds is 6. The number of pyridine rings is 1. The highest BCUT2D eigenvalue weighted by Gasteiger charge is 2.02. The lowest BCUT2D eigenvalue weighted by Crippen LogP contribution is -2.27. The maximum Gasteiger partial charge on any atom is 0.266 e. The van der Waals surface area contributed by atoms with Crippen molar-refractivity contribution < 1.29 is 17.5 Å². The minimum Gasteiger partial charge on any atom is -0.315 e. The molecule has 0 saturated heterocycles. The van der Waals surface area contributed by atoms with Gasteiger partial charge in [-0.2, -0.15) is 8.42 Å². The zero-order chi connectivity index (χ0) is 12.0. The van der Waals surface area contributed by atoms with E-state index in [1.807, 2.05) is 36.1 Å². The van der Waals surface area contributed by atoms with Crippen LogP contribution in [0.2, 0.25) is 0 Å². The van der Waals surface area contributed by atoms with Gasteiger partial charge in [-0.25, -0.2) is 4.57 Å². The Labute approximate surface area is 95.9 Å². The van der Waals surface area contributed by atoms with Gasteiger partial charge < -0.3 is 5.32 Å². The van der Waals surface area contributed by atoms with Crippen LogP contribution in [-0.4, -0.2) is 31.8 Å². The molecule has 1 heterocycles. The van der Waals surface area contributed by atoms with Gasteiger partial charge in [0.2, 0.25) is 0 Å². The molecule has 1 rings (SSSR count). The summed E-state index contributed by atoms with van der Waals surface area (Å²) < 4.78 is 31.3. The second-order valence-corrected chi connectivity index (χ2v) is 5.23. The van der Waals surface area contributed by atoms with Crippen molar-refractivity contribution in [1.29, 1.82) is 0 Å². The van der Waals surface area contributed by atoms with E-state index < -0.39 is 10.1 Å². The van der Waals surface area contributed by atoms with E-state index in [1.165, 1.54) is 5.56 Å². The minimum atomic E-state index is -3.84. The molecule has 0 spiro atoms. The summed E-state index contributed by atoms with van der Waals surface area (Å²) in [7, 11) is -1.89. The molecule has 16 heavy (non-hydrogen) atoms. The molecule has 90 valence electrons. The molecule has 0 amide bonds. The first kappa shape index (κ1) is 13.1. The Hall–Kier alpha value is -0.980. The molecule has 0 aliphatic heterocycles. The Balaban J connectivity index is 2.19. The lowest BCUT2D eigenvalue weighted by molar-refractivity contribution is -0.671. The van der Waals surface area contributed by atoms with Crippen molar-refractivity contribution in [2.45, 2.75) is 6.42 Å². The summed E-state index contributed by atoms with van der Waals surface area (Å²) >= 11 is 0. The van der Waals surface area contributed by atoms with Gasteiger partial charge in [-0.05, 0) is 18.5 Å². The Kier molecular flexibility index (Phi) is 4.85. The van der Waals surface area contributed by atoms with Crippen molar-refractivity contribution >= 4 is 10.1 Å². The Morgan fingerprint density at radius 2 is 1.94 bits per heavy atom. The molecule has 0 aliphatic carbocycles. The quantitative estimate of drug-likeness (QED) is 0.404. The third-order valence-electron chi connectivity index (χ3n) is 2.17. The van der Waals surface area contributed by atoms with E-state index in [-0.39, 0.29) is 12.3 Å². The fourth-order valence-electron chi connectivity index (χ4n) is 1.26. The van der Waals surface area contributed by atoms with Crippen LogP contribution in [0.25, 0.3) is 0 Å². The second-order valence-electron chi connectivity index (χ2n) is 3.66. The van der Waals surface area contributed by atoms with Crippen LogP contribution in [0.5, 0.6) is 0 Å². The molecule has 0 radical (unpaired) electrons. The maximum absolute atomic E-state index is 10.4. The van der Waals surface area contributed by atoms with Crippen LogP contribution in [-0.2, 0) is 23.6 Å². The van der Waals surface area contributed by atoms with Crippen LogP contribution < -0.4 is 9.88 Å². The molecule has 0 bridgehead atoms. The predicted octanol–water partition coefficient (Wildman–Crippen LogP) is -0.469. The SMILES string of the molecule is C[n+]1ccc(CCNCCS(=O)(=O)O)cc1. The molecule has 2 N–H and O–H groups in total. The van der Waals surface area contributed by atoms with E-state index in [0.717, 1.165) is 6.42 Å². The molecule has 1 aromatic heterocycles. The Morgan fingerprint density at radius 1 is 1.31 bits per heavy atom. The van der Waals surface area contributed by atoms with E-state index in [1.54, 1.807) is 0 Å². The van der Waals surface area contributed by atoms with E-state index in [2.05, 4.69) is 5.32 Å². The number of hydrogen-bond acceptors (Lipinski definition) is 3. The molecular weight excluding hydrogens is 228 g/mol. The summed E-state index contributed by atoms with van der Waals surface area (Å²) in [5.74, 6) is -0.239. The van der Waals surface area contributed by atoms with Gasteiger partial charge in [0.1, 0.15) is 7.05 Å². The molecule has 0 aliphatic rings. The van der Waals surface area contributed by atoms with Gasteiger partial charge >= 0.3 is 0 Å². The van der Waals surface area contributed by atoms with Gasteiger partial charge in [-0.1, -0.05) is 0 Å². The van der Waals surface area contributed by atoms with Crippen LogP contribution in [0.3, 0.4) is 0 Å². The zero-order valence-corrected chi connectivity index (χ0v) is 10.1. The van der Waals surface area contributed by atoms with Crippen molar-refractivity contribution in [3.63, 3.8) is 0 Å².